The van der Waals surface area contributed by atoms with Crippen LogP contribution in [-0.2, 0) is 14.4 Å². The predicted octanol–water partition coefficient (Wildman–Crippen LogP) is 6.29. The number of likely N-dealkylation sites (tertiary alicyclic amines) is 1. The van der Waals surface area contributed by atoms with Gasteiger partial charge in [0.1, 0.15) is 6.04 Å². The topological polar surface area (TPSA) is 84.4 Å². The molecule has 6 atom stereocenters. The molecule has 3 heterocycles. The van der Waals surface area contributed by atoms with Crippen LogP contribution in [0.5, 0.6) is 0 Å². The number of alkyl halides is 1. The number of thioether (sulfide) groups is 1. The number of para-hydroxylation sites is 1. The number of fused-ring (bicyclic) bond motifs is 1. The first-order valence-corrected chi connectivity index (χ1v) is 19.0. The summed E-state index contributed by atoms with van der Waals surface area (Å²) in [6, 6.07) is 16.8. The molecule has 258 valence electrons. The van der Waals surface area contributed by atoms with Crippen LogP contribution < -0.4 is 14.7 Å². The van der Waals surface area contributed by atoms with E-state index in [0.717, 1.165) is 49.4 Å². The van der Waals surface area contributed by atoms with E-state index in [9.17, 15) is 14.7 Å². The first-order valence-electron chi connectivity index (χ1n) is 17.3. The van der Waals surface area contributed by atoms with Gasteiger partial charge >= 0.3 is 0 Å². The van der Waals surface area contributed by atoms with Gasteiger partial charge in [0.2, 0.25) is 11.8 Å². The number of rotatable bonds is 17. The Bertz CT molecular complexity index is 1450. The predicted molar refractivity (Wildman–Crippen MR) is 201 cm³/mol. The maximum atomic E-state index is 15.0. The molecule has 3 amide bonds. The molecule has 3 saturated heterocycles. The summed E-state index contributed by atoms with van der Waals surface area (Å²) in [5, 5.41) is 9.16. The second-order valence-corrected chi connectivity index (χ2v) is 15.5. The van der Waals surface area contributed by atoms with Gasteiger partial charge in [0.05, 0.1) is 16.6 Å². The quantitative estimate of drug-likeness (QED) is 0.117. The number of aliphatic hydroxyl groups is 1. The van der Waals surface area contributed by atoms with Crippen LogP contribution in [0.1, 0.15) is 46.0 Å². The summed E-state index contributed by atoms with van der Waals surface area (Å²) >= 11 is 5.58. The van der Waals surface area contributed by atoms with Gasteiger partial charge in [-0.15, -0.1) is 24.9 Å². The minimum Gasteiger partial charge on any atom is -0.396 e. The number of hydrogen-bond donors (Lipinski definition) is 1. The van der Waals surface area contributed by atoms with E-state index in [4.69, 9.17) is 0 Å². The molecular formula is C38H49BrN4O4S. The number of anilines is 3. The van der Waals surface area contributed by atoms with Gasteiger partial charge in [0.15, 0.2) is 0 Å². The fourth-order valence-corrected chi connectivity index (χ4v) is 11.6. The standard InChI is InChI=1S/C38H49BrN4O4S/c1-5-22-41(28-16-12-11-13-17-28)35(45)31-32-36(46)43(24-14-9-10-15-25-44)34(38(32)26-30(39)33(31)48-38)37(47)42(23-6-2)29-20-18-27(19-21-29)40(7-3)8-4/h5-6,11-13,16-21,30-34,44H,1-2,7-10,14-15,22-26H2,3-4H3/t30?,31-,32-,33-,34?,38?/m0/s1. The van der Waals surface area contributed by atoms with Crippen LogP contribution in [0.3, 0.4) is 0 Å². The molecular weight excluding hydrogens is 688 g/mol. The summed E-state index contributed by atoms with van der Waals surface area (Å²) in [5.41, 5.74) is 2.61. The van der Waals surface area contributed by atoms with E-state index in [1.807, 2.05) is 54.6 Å². The lowest BCUT2D eigenvalue weighted by atomic mass is 9.70. The number of aliphatic hydroxyl groups excluding tert-OH is 1. The lowest BCUT2D eigenvalue weighted by Gasteiger charge is -2.38. The van der Waals surface area contributed by atoms with E-state index < -0.39 is 22.6 Å². The first-order chi connectivity index (χ1) is 23.3. The summed E-state index contributed by atoms with van der Waals surface area (Å²) in [6.07, 6.45) is 7.18. The van der Waals surface area contributed by atoms with E-state index in [-0.39, 0.29) is 34.4 Å². The van der Waals surface area contributed by atoms with Crippen molar-refractivity contribution in [2.75, 3.05) is 54.0 Å². The molecule has 0 aromatic heterocycles. The Hall–Kier alpha value is -3.08. The van der Waals surface area contributed by atoms with Gasteiger partial charge in [0.25, 0.3) is 5.91 Å². The lowest BCUT2D eigenvalue weighted by Crippen LogP contribution is -2.56. The van der Waals surface area contributed by atoms with Crippen LogP contribution in [0.15, 0.2) is 79.9 Å². The Morgan fingerprint density at radius 3 is 2.10 bits per heavy atom. The van der Waals surface area contributed by atoms with Crippen molar-refractivity contribution in [2.24, 2.45) is 11.8 Å². The molecule has 1 N–H and O–H groups in total. The lowest BCUT2D eigenvalue weighted by molar-refractivity contribution is -0.139. The molecule has 2 aromatic rings. The third-order valence-corrected chi connectivity index (χ3v) is 13.3. The Labute approximate surface area is 298 Å². The van der Waals surface area contributed by atoms with Crippen molar-refractivity contribution in [1.29, 1.82) is 0 Å². The van der Waals surface area contributed by atoms with Crippen molar-refractivity contribution < 1.29 is 19.5 Å². The summed E-state index contributed by atoms with van der Waals surface area (Å²) in [7, 11) is 0. The highest BCUT2D eigenvalue weighted by atomic mass is 79.9. The normalized spacial score (nSPS) is 25.5. The highest BCUT2D eigenvalue weighted by molar-refractivity contribution is 9.09. The van der Waals surface area contributed by atoms with Crippen LogP contribution in [0.4, 0.5) is 17.1 Å². The average Bonchev–Trinajstić information content (AvgIpc) is 3.69. The number of unbranched alkanes of at least 4 members (excludes halogenated alkanes) is 3. The highest BCUT2D eigenvalue weighted by Gasteiger charge is 2.76. The highest BCUT2D eigenvalue weighted by Crippen LogP contribution is 2.68. The molecule has 2 bridgehead atoms. The summed E-state index contributed by atoms with van der Waals surface area (Å²) < 4.78 is -0.754. The molecule has 48 heavy (non-hydrogen) atoms. The van der Waals surface area contributed by atoms with E-state index in [1.54, 1.807) is 38.6 Å². The van der Waals surface area contributed by atoms with Gasteiger partial charge < -0.3 is 24.7 Å². The Morgan fingerprint density at radius 1 is 0.917 bits per heavy atom. The maximum absolute atomic E-state index is 15.0. The first kappa shape index (κ1) is 36.2. The van der Waals surface area contributed by atoms with Crippen LogP contribution in [0.2, 0.25) is 0 Å². The minimum atomic E-state index is -0.754. The summed E-state index contributed by atoms with van der Waals surface area (Å²) in [6.45, 7) is 15.1. The van der Waals surface area contributed by atoms with Crippen LogP contribution >= 0.6 is 27.7 Å². The van der Waals surface area contributed by atoms with E-state index >= 15 is 4.79 Å². The molecule has 8 nitrogen and oxygen atoms in total. The zero-order chi connectivity index (χ0) is 34.4. The third kappa shape index (κ3) is 6.72. The molecule has 0 aliphatic carbocycles. The Balaban J connectivity index is 1.54. The molecule has 2 aromatic carbocycles. The molecule has 3 fully saturated rings. The molecule has 10 heteroatoms. The molecule has 3 unspecified atom stereocenters. The monoisotopic (exact) mass is 736 g/mol. The van der Waals surface area contributed by atoms with E-state index in [1.165, 1.54) is 0 Å². The van der Waals surface area contributed by atoms with Gasteiger partial charge in [-0.2, -0.15) is 0 Å². The van der Waals surface area contributed by atoms with Gasteiger partial charge in [-0.25, -0.2) is 0 Å². The number of carbonyl (C=O) groups excluding carboxylic acids is 3. The molecule has 5 rings (SSSR count). The molecule has 3 aliphatic rings. The average molecular weight is 738 g/mol. The second kappa shape index (κ2) is 16.1. The molecule has 3 aliphatic heterocycles. The van der Waals surface area contributed by atoms with Crippen molar-refractivity contribution in [2.45, 2.75) is 66.8 Å². The maximum Gasteiger partial charge on any atom is 0.251 e. The number of halogens is 1. The van der Waals surface area contributed by atoms with Gasteiger partial charge in [-0.1, -0.05) is 59.1 Å². The zero-order valence-corrected chi connectivity index (χ0v) is 30.6. The van der Waals surface area contributed by atoms with Gasteiger partial charge in [-0.3, -0.25) is 14.4 Å². The van der Waals surface area contributed by atoms with E-state index in [2.05, 4.69) is 47.8 Å². The van der Waals surface area contributed by atoms with Crippen molar-refractivity contribution >= 4 is 62.5 Å². The summed E-state index contributed by atoms with van der Waals surface area (Å²) in [4.78, 5) is 51.9. The fourth-order valence-electron chi connectivity index (χ4n) is 7.95. The second-order valence-electron chi connectivity index (χ2n) is 12.8. The molecule has 0 saturated carbocycles. The number of hydrogen-bond acceptors (Lipinski definition) is 6. The van der Waals surface area contributed by atoms with Crippen LogP contribution in [-0.4, -0.2) is 87.9 Å². The van der Waals surface area contributed by atoms with Crippen LogP contribution in [0, 0.1) is 11.8 Å². The number of nitrogens with zero attached hydrogens (tertiary/aromatic N) is 4. The Kier molecular flexibility index (Phi) is 12.1. The number of amides is 3. The third-order valence-electron chi connectivity index (χ3n) is 10.1. The van der Waals surface area contributed by atoms with Crippen molar-refractivity contribution in [3.63, 3.8) is 0 Å². The minimum absolute atomic E-state index is 0.0251. The fraction of sp³-hybridized carbons (Fsp3) is 0.500. The zero-order valence-electron chi connectivity index (χ0n) is 28.2. The van der Waals surface area contributed by atoms with Gasteiger partial charge in [0, 0.05) is 66.5 Å². The summed E-state index contributed by atoms with van der Waals surface area (Å²) in [5.74, 6) is -1.55. The smallest absolute Gasteiger partial charge is 0.251 e. The van der Waals surface area contributed by atoms with E-state index in [0.29, 0.717) is 32.5 Å². The van der Waals surface area contributed by atoms with Crippen LogP contribution in [0.25, 0.3) is 0 Å². The van der Waals surface area contributed by atoms with Crippen molar-refractivity contribution in [1.82, 2.24) is 4.90 Å². The molecule has 0 radical (unpaired) electrons. The van der Waals surface area contributed by atoms with Gasteiger partial charge in [-0.05, 0) is 69.5 Å². The number of benzene rings is 2. The SMILES string of the molecule is C=CCN(C(=O)C1N(CCCCCCO)C(=O)[C@@H]2[C@H](C(=O)N(CC=C)c3ccccc3)[C@H]3SC12CC3Br)c1ccc(N(CC)CC)cc1. The molecule has 1 spiro atoms. The largest absolute Gasteiger partial charge is 0.396 e. The van der Waals surface area contributed by atoms with Crippen molar-refractivity contribution in [3.05, 3.63) is 79.9 Å². The van der Waals surface area contributed by atoms with Crippen molar-refractivity contribution in [3.8, 4) is 0 Å². The number of carbonyl (C=O) groups is 3. The Morgan fingerprint density at radius 2 is 1.50 bits per heavy atom.